The molecule has 0 unspecified atom stereocenters. The minimum Gasteiger partial charge on any atom is -0.456 e. The van der Waals surface area contributed by atoms with Crippen LogP contribution in [0.5, 0.6) is 0 Å². The van der Waals surface area contributed by atoms with Crippen molar-refractivity contribution in [2.75, 3.05) is 20.1 Å². The number of aromatic nitrogens is 1. The minimum absolute atomic E-state index is 0.0705. The average Bonchev–Trinajstić information content (AvgIpc) is 3.27. The third-order valence-corrected chi connectivity index (χ3v) is 5.37. The second-order valence-electron chi connectivity index (χ2n) is 5.84. The van der Waals surface area contributed by atoms with Crippen molar-refractivity contribution in [3.8, 4) is 0 Å². The Hall–Kier alpha value is -1.66. The van der Waals surface area contributed by atoms with Crippen molar-refractivity contribution < 1.29 is 9.21 Å². The maximum absolute atomic E-state index is 12.8. The molecule has 2 aromatic rings. The summed E-state index contributed by atoms with van der Waals surface area (Å²) < 4.78 is 5.87. The second-order valence-corrected chi connectivity index (χ2v) is 6.76. The Kier molecular flexibility index (Phi) is 6.57. The first kappa shape index (κ1) is 18.7. The van der Waals surface area contributed by atoms with Gasteiger partial charge in [-0.15, -0.1) is 11.3 Å². The van der Waals surface area contributed by atoms with Gasteiger partial charge in [0.05, 0.1) is 6.04 Å². The highest BCUT2D eigenvalue weighted by molar-refractivity contribution is 7.09. The van der Waals surface area contributed by atoms with Gasteiger partial charge in [0.25, 0.3) is 5.91 Å². The van der Waals surface area contributed by atoms with E-state index >= 15 is 0 Å². The molecule has 0 spiro atoms. The highest BCUT2D eigenvalue weighted by Crippen LogP contribution is 2.25. The molecule has 6 heteroatoms. The fraction of sp³-hybridized carbons (Fsp3) is 0.556. The SMILES string of the molecule is CCc1oc(C(=O)N(C)[C@@H](C)c2nccs2)cc1CN(CC)CC. The zero-order valence-corrected chi connectivity index (χ0v) is 16.0. The van der Waals surface area contributed by atoms with E-state index in [9.17, 15) is 4.79 Å². The molecule has 1 atom stereocenters. The van der Waals surface area contributed by atoms with Crippen molar-refractivity contribution in [1.82, 2.24) is 14.8 Å². The predicted molar refractivity (Wildman–Crippen MR) is 97.3 cm³/mol. The molecule has 0 N–H and O–H groups in total. The average molecular weight is 350 g/mol. The topological polar surface area (TPSA) is 49.6 Å². The molecule has 0 aliphatic heterocycles. The van der Waals surface area contributed by atoms with E-state index in [1.54, 1.807) is 29.5 Å². The summed E-state index contributed by atoms with van der Waals surface area (Å²) in [4.78, 5) is 21.1. The van der Waals surface area contributed by atoms with Crippen LogP contribution in [-0.4, -0.2) is 40.8 Å². The summed E-state index contributed by atoms with van der Waals surface area (Å²) in [6.07, 6.45) is 2.55. The number of nitrogens with zero attached hydrogens (tertiary/aromatic N) is 3. The molecule has 2 rings (SSSR count). The Balaban J connectivity index is 2.18. The first-order valence-corrected chi connectivity index (χ1v) is 9.40. The molecule has 2 aromatic heterocycles. The largest absolute Gasteiger partial charge is 0.456 e. The van der Waals surface area contributed by atoms with Gasteiger partial charge in [0.2, 0.25) is 0 Å². The summed E-state index contributed by atoms with van der Waals surface area (Å²) in [5.74, 6) is 1.22. The van der Waals surface area contributed by atoms with Crippen LogP contribution < -0.4 is 0 Å². The molecule has 0 aromatic carbocycles. The van der Waals surface area contributed by atoms with Crippen LogP contribution in [-0.2, 0) is 13.0 Å². The molecular weight excluding hydrogens is 322 g/mol. The number of aryl methyl sites for hydroxylation is 1. The molecule has 0 fully saturated rings. The van der Waals surface area contributed by atoms with E-state index in [4.69, 9.17) is 4.42 Å². The van der Waals surface area contributed by atoms with Crippen LogP contribution in [0.15, 0.2) is 22.1 Å². The lowest BCUT2D eigenvalue weighted by molar-refractivity contribution is 0.0708. The minimum atomic E-state index is -0.0989. The Morgan fingerprint density at radius 1 is 1.33 bits per heavy atom. The molecule has 1 amide bonds. The smallest absolute Gasteiger partial charge is 0.289 e. The highest BCUT2D eigenvalue weighted by Gasteiger charge is 2.24. The lowest BCUT2D eigenvalue weighted by atomic mass is 10.2. The molecule has 0 saturated carbocycles. The van der Waals surface area contributed by atoms with Gasteiger partial charge >= 0.3 is 0 Å². The maximum Gasteiger partial charge on any atom is 0.289 e. The highest BCUT2D eigenvalue weighted by atomic mass is 32.1. The van der Waals surface area contributed by atoms with Gasteiger partial charge in [-0.1, -0.05) is 20.8 Å². The van der Waals surface area contributed by atoms with Crippen LogP contribution in [0.25, 0.3) is 0 Å². The molecule has 5 nitrogen and oxygen atoms in total. The quantitative estimate of drug-likeness (QED) is 0.723. The van der Waals surface area contributed by atoms with Crippen LogP contribution >= 0.6 is 11.3 Å². The van der Waals surface area contributed by atoms with Crippen LogP contribution in [0.1, 0.15) is 60.6 Å². The summed E-state index contributed by atoms with van der Waals surface area (Å²) in [5.41, 5.74) is 1.11. The third-order valence-electron chi connectivity index (χ3n) is 4.43. The van der Waals surface area contributed by atoms with E-state index in [1.807, 2.05) is 18.4 Å². The normalized spacial score (nSPS) is 12.6. The number of hydrogen-bond acceptors (Lipinski definition) is 5. The van der Waals surface area contributed by atoms with Gasteiger partial charge in [0, 0.05) is 37.2 Å². The fourth-order valence-corrected chi connectivity index (χ4v) is 3.39. The van der Waals surface area contributed by atoms with Crippen molar-refractivity contribution in [3.05, 3.63) is 39.7 Å². The third kappa shape index (κ3) is 4.05. The number of rotatable bonds is 8. The van der Waals surface area contributed by atoms with Gasteiger partial charge < -0.3 is 9.32 Å². The van der Waals surface area contributed by atoms with E-state index in [-0.39, 0.29) is 11.9 Å². The van der Waals surface area contributed by atoms with Gasteiger partial charge in [-0.05, 0) is 26.1 Å². The number of carbonyl (C=O) groups is 1. The number of carbonyl (C=O) groups excluding carboxylic acids is 1. The molecule has 2 heterocycles. The molecular formula is C18H27N3O2S. The molecule has 0 bridgehead atoms. The fourth-order valence-electron chi connectivity index (χ4n) is 2.65. The molecule has 132 valence electrons. The lowest BCUT2D eigenvalue weighted by Crippen LogP contribution is -2.29. The zero-order chi connectivity index (χ0) is 17.7. The van der Waals surface area contributed by atoms with E-state index in [2.05, 4.69) is 30.7 Å². The van der Waals surface area contributed by atoms with Crippen LogP contribution in [0.3, 0.4) is 0 Å². The van der Waals surface area contributed by atoms with Gasteiger partial charge in [-0.25, -0.2) is 4.98 Å². The number of hydrogen-bond donors (Lipinski definition) is 0. The molecule has 0 aliphatic carbocycles. The van der Waals surface area contributed by atoms with Gasteiger partial charge in [-0.2, -0.15) is 0 Å². The van der Waals surface area contributed by atoms with Crippen molar-refractivity contribution in [2.24, 2.45) is 0 Å². The van der Waals surface area contributed by atoms with Crippen molar-refractivity contribution >= 4 is 17.2 Å². The summed E-state index contributed by atoms with van der Waals surface area (Å²) >= 11 is 1.56. The van der Waals surface area contributed by atoms with Gasteiger partial charge in [-0.3, -0.25) is 9.69 Å². The molecule has 0 aliphatic rings. The first-order chi connectivity index (χ1) is 11.5. The summed E-state index contributed by atoms with van der Waals surface area (Å²) in [6, 6.07) is 1.84. The summed E-state index contributed by atoms with van der Waals surface area (Å²) in [5, 5.41) is 2.85. The van der Waals surface area contributed by atoms with Gasteiger partial charge in [0.1, 0.15) is 10.8 Å². The number of furan rings is 1. The Morgan fingerprint density at radius 2 is 2.04 bits per heavy atom. The van der Waals surface area contributed by atoms with E-state index in [0.717, 1.165) is 42.4 Å². The number of amides is 1. The monoisotopic (exact) mass is 349 g/mol. The Bertz CT molecular complexity index is 647. The first-order valence-electron chi connectivity index (χ1n) is 8.52. The van der Waals surface area contributed by atoms with Crippen molar-refractivity contribution in [3.63, 3.8) is 0 Å². The zero-order valence-electron chi connectivity index (χ0n) is 15.2. The molecule has 0 saturated heterocycles. The van der Waals surface area contributed by atoms with Crippen LogP contribution in [0, 0.1) is 0 Å². The maximum atomic E-state index is 12.8. The summed E-state index contributed by atoms with van der Waals surface area (Å²) in [6.45, 7) is 11.1. The Morgan fingerprint density at radius 3 is 2.58 bits per heavy atom. The van der Waals surface area contributed by atoms with Crippen LogP contribution in [0.4, 0.5) is 0 Å². The van der Waals surface area contributed by atoms with Crippen molar-refractivity contribution in [1.29, 1.82) is 0 Å². The Labute approximate surface area is 148 Å². The van der Waals surface area contributed by atoms with Gasteiger partial charge in [0.15, 0.2) is 5.76 Å². The van der Waals surface area contributed by atoms with E-state index in [0.29, 0.717) is 5.76 Å². The lowest BCUT2D eigenvalue weighted by Gasteiger charge is -2.22. The van der Waals surface area contributed by atoms with Crippen LogP contribution in [0.2, 0.25) is 0 Å². The molecule has 0 radical (unpaired) electrons. The predicted octanol–water partition coefficient (Wildman–Crippen LogP) is 3.97. The standard InChI is InChI=1S/C18H27N3O2S/c1-6-15-14(12-21(7-2)8-3)11-16(23-15)18(22)20(5)13(4)17-19-9-10-24-17/h9-11,13H,6-8,12H2,1-5H3/t13-/m0/s1. The second kappa shape index (κ2) is 8.44. The van der Waals surface area contributed by atoms with E-state index in [1.165, 1.54) is 0 Å². The van der Waals surface area contributed by atoms with E-state index < -0.39 is 0 Å². The number of thiazole rings is 1. The van der Waals surface area contributed by atoms with Crippen molar-refractivity contribution in [2.45, 2.75) is 46.7 Å². The molecule has 24 heavy (non-hydrogen) atoms. The summed E-state index contributed by atoms with van der Waals surface area (Å²) in [7, 11) is 1.80.